The lowest BCUT2D eigenvalue weighted by molar-refractivity contribution is -0.150. The van der Waals surface area contributed by atoms with Crippen LogP contribution in [0.25, 0.3) is 0 Å². The molecular formula is C10H15BrO3. The highest BCUT2D eigenvalue weighted by molar-refractivity contribution is 9.11. The van der Waals surface area contributed by atoms with Crippen molar-refractivity contribution in [2.75, 3.05) is 6.61 Å². The zero-order valence-electron chi connectivity index (χ0n) is 8.63. The van der Waals surface area contributed by atoms with Crippen LogP contribution in [-0.2, 0) is 9.53 Å². The lowest BCUT2D eigenvalue weighted by atomic mass is 10.1. The van der Waals surface area contributed by atoms with Crippen LogP contribution in [0, 0.1) is 0 Å². The number of ether oxygens (including phenoxy) is 1. The maximum atomic E-state index is 11.2. The number of allylic oxidation sites excluding steroid dienone is 1. The summed E-state index contributed by atoms with van der Waals surface area (Å²) in [6, 6.07) is 0. The molecule has 4 heteroatoms. The fraction of sp³-hybridized carbons (Fsp3) is 0.500. The van der Waals surface area contributed by atoms with E-state index in [9.17, 15) is 9.90 Å². The van der Waals surface area contributed by atoms with Crippen molar-refractivity contribution in [3.05, 3.63) is 22.2 Å². The minimum absolute atomic E-state index is 0.251. The normalized spacial score (nSPS) is 11.8. The molecule has 80 valence electrons. The monoisotopic (exact) mass is 262 g/mol. The van der Waals surface area contributed by atoms with Crippen LogP contribution >= 0.6 is 15.9 Å². The second-order valence-electron chi connectivity index (χ2n) is 2.97. The third kappa shape index (κ3) is 3.64. The highest BCUT2D eigenvalue weighted by atomic mass is 79.9. The van der Waals surface area contributed by atoms with Gasteiger partial charge in [0.1, 0.15) is 0 Å². The van der Waals surface area contributed by atoms with Gasteiger partial charge in [0.05, 0.1) is 6.61 Å². The number of carbonyl (C=O) groups is 1. The van der Waals surface area contributed by atoms with Gasteiger partial charge in [0.2, 0.25) is 0 Å². The van der Waals surface area contributed by atoms with E-state index in [1.807, 2.05) is 0 Å². The number of hydrogen-bond donors (Lipinski definition) is 1. The van der Waals surface area contributed by atoms with E-state index >= 15 is 0 Å². The minimum Gasteiger partial charge on any atom is -0.464 e. The summed E-state index contributed by atoms with van der Waals surface area (Å²) in [5.41, 5.74) is 1.30. The Morgan fingerprint density at radius 1 is 1.57 bits per heavy atom. The fourth-order valence-corrected chi connectivity index (χ4v) is 1.65. The third-order valence-corrected chi connectivity index (χ3v) is 2.04. The van der Waals surface area contributed by atoms with Crippen LogP contribution in [0.5, 0.6) is 0 Å². The summed E-state index contributed by atoms with van der Waals surface area (Å²) in [4.78, 5) is 11.2. The Bertz CT molecular complexity index is 265. The molecule has 0 aliphatic carbocycles. The molecule has 0 spiro atoms. The fourth-order valence-electron chi connectivity index (χ4n) is 1.03. The van der Waals surface area contributed by atoms with E-state index in [2.05, 4.69) is 22.5 Å². The molecule has 0 bridgehead atoms. The lowest BCUT2D eigenvalue weighted by Crippen LogP contribution is -2.26. The highest BCUT2D eigenvalue weighted by Gasteiger charge is 2.23. The molecule has 3 nitrogen and oxygen atoms in total. The number of esters is 1. The largest absolute Gasteiger partial charge is 0.464 e. The molecule has 1 atom stereocenters. The maximum Gasteiger partial charge on any atom is 0.339 e. The number of carbonyl (C=O) groups excluding carboxylic acids is 1. The van der Waals surface area contributed by atoms with Crippen LogP contribution in [0.3, 0.4) is 0 Å². The first kappa shape index (κ1) is 13.4. The van der Waals surface area contributed by atoms with Crippen LogP contribution in [0.2, 0.25) is 0 Å². The van der Waals surface area contributed by atoms with E-state index in [1.54, 1.807) is 20.8 Å². The average Bonchev–Trinajstić information content (AvgIpc) is 2.03. The summed E-state index contributed by atoms with van der Waals surface area (Å²) in [5.74, 6) is -0.649. The molecule has 0 aromatic rings. The molecule has 0 aliphatic heterocycles. The number of aliphatic hydroxyl groups is 1. The van der Waals surface area contributed by atoms with Crippen molar-refractivity contribution < 1.29 is 14.6 Å². The van der Waals surface area contributed by atoms with E-state index < -0.39 is 12.1 Å². The number of aliphatic hydroxyl groups excluding tert-OH is 1. The molecule has 0 heterocycles. The second kappa shape index (κ2) is 5.98. The van der Waals surface area contributed by atoms with Crippen molar-refractivity contribution in [3.8, 4) is 0 Å². The van der Waals surface area contributed by atoms with E-state index in [4.69, 9.17) is 4.74 Å². The van der Waals surface area contributed by atoms with Gasteiger partial charge in [-0.2, -0.15) is 0 Å². The van der Waals surface area contributed by atoms with Gasteiger partial charge < -0.3 is 9.84 Å². The van der Waals surface area contributed by atoms with Crippen LogP contribution in [-0.4, -0.2) is 23.8 Å². The van der Waals surface area contributed by atoms with Crippen molar-refractivity contribution in [3.63, 3.8) is 0 Å². The summed E-state index contributed by atoms with van der Waals surface area (Å²) < 4.78 is 5.20. The third-order valence-electron chi connectivity index (χ3n) is 1.61. The van der Waals surface area contributed by atoms with Crippen molar-refractivity contribution in [2.45, 2.75) is 26.9 Å². The average molecular weight is 263 g/mol. The van der Waals surface area contributed by atoms with E-state index in [0.29, 0.717) is 10.1 Å². The van der Waals surface area contributed by atoms with E-state index in [0.717, 1.165) is 5.57 Å². The maximum absolute atomic E-state index is 11.2. The minimum atomic E-state index is -1.26. The molecule has 0 aliphatic rings. The molecule has 0 rings (SSSR count). The molecule has 0 saturated carbocycles. The van der Waals surface area contributed by atoms with Gasteiger partial charge in [0.25, 0.3) is 0 Å². The summed E-state index contributed by atoms with van der Waals surface area (Å²) in [7, 11) is 0. The summed E-state index contributed by atoms with van der Waals surface area (Å²) >= 11 is 3.14. The zero-order chi connectivity index (χ0) is 11.3. The summed E-state index contributed by atoms with van der Waals surface area (Å²) in [6.07, 6.45) is -1.26. The first-order chi connectivity index (χ1) is 6.41. The van der Waals surface area contributed by atoms with Gasteiger partial charge in [-0.3, -0.25) is 0 Å². The molecule has 0 radical (unpaired) electrons. The van der Waals surface area contributed by atoms with Crippen molar-refractivity contribution in [2.24, 2.45) is 0 Å². The number of halogens is 1. The van der Waals surface area contributed by atoms with Gasteiger partial charge in [-0.15, -0.1) is 0 Å². The Kier molecular flexibility index (Phi) is 5.72. The quantitative estimate of drug-likeness (QED) is 0.624. The highest BCUT2D eigenvalue weighted by Crippen LogP contribution is 2.22. The Hall–Kier alpha value is -0.610. The summed E-state index contributed by atoms with van der Waals surface area (Å²) in [5, 5.41) is 9.63. The lowest BCUT2D eigenvalue weighted by Gasteiger charge is -2.14. The molecule has 1 unspecified atom stereocenters. The number of hydrogen-bond acceptors (Lipinski definition) is 3. The predicted octanol–water partition coefficient (Wildman–Crippen LogP) is 2.16. The van der Waals surface area contributed by atoms with Gasteiger partial charge in [-0.1, -0.05) is 28.1 Å². The smallest absolute Gasteiger partial charge is 0.339 e. The van der Waals surface area contributed by atoms with Gasteiger partial charge in [0, 0.05) is 10.1 Å². The Morgan fingerprint density at radius 2 is 2.07 bits per heavy atom. The van der Waals surface area contributed by atoms with Crippen molar-refractivity contribution in [1.82, 2.24) is 0 Å². The van der Waals surface area contributed by atoms with Gasteiger partial charge in [-0.05, 0) is 20.8 Å². The van der Waals surface area contributed by atoms with Crippen molar-refractivity contribution in [1.29, 1.82) is 0 Å². The SMILES string of the molecule is C=C(Br)C(=C(C)C)C(O)C(=O)OCC. The molecule has 0 amide bonds. The zero-order valence-corrected chi connectivity index (χ0v) is 10.2. The van der Waals surface area contributed by atoms with Crippen LogP contribution < -0.4 is 0 Å². The molecule has 0 fully saturated rings. The Morgan fingerprint density at radius 3 is 2.36 bits per heavy atom. The van der Waals surface area contributed by atoms with Gasteiger partial charge in [-0.25, -0.2) is 4.79 Å². The Labute approximate surface area is 92.6 Å². The van der Waals surface area contributed by atoms with E-state index in [-0.39, 0.29) is 6.61 Å². The molecule has 0 aromatic carbocycles. The molecule has 0 aromatic heterocycles. The second-order valence-corrected chi connectivity index (χ2v) is 3.93. The Balaban J connectivity index is 4.80. The van der Waals surface area contributed by atoms with Crippen LogP contribution in [0.1, 0.15) is 20.8 Å². The summed E-state index contributed by atoms with van der Waals surface area (Å²) in [6.45, 7) is 9.16. The molecular weight excluding hydrogens is 248 g/mol. The van der Waals surface area contributed by atoms with Crippen LogP contribution in [0.15, 0.2) is 22.2 Å². The van der Waals surface area contributed by atoms with Crippen molar-refractivity contribution >= 4 is 21.9 Å². The topological polar surface area (TPSA) is 46.5 Å². The first-order valence-corrected chi connectivity index (χ1v) is 5.08. The number of rotatable bonds is 4. The van der Waals surface area contributed by atoms with Crippen LogP contribution in [0.4, 0.5) is 0 Å². The molecule has 1 N–H and O–H groups in total. The molecule has 14 heavy (non-hydrogen) atoms. The van der Waals surface area contributed by atoms with Gasteiger partial charge >= 0.3 is 5.97 Å². The molecule has 0 saturated heterocycles. The first-order valence-electron chi connectivity index (χ1n) is 4.28. The standard InChI is InChI=1S/C10H15BrO3/c1-5-14-10(13)9(12)8(6(2)3)7(4)11/h9,12H,4-5H2,1-3H3. The van der Waals surface area contributed by atoms with E-state index in [1.165, 1.54) is 0 Å². The predicted molar refractivity (Wildman–Crippen MR) is 59.1 cm³/mol. The van der Waals surface area contributed by atoms with Gasteiger partial charge in [0.15, 0.2) is 6.10 Å².